The first-order valence-corrected chi connectivity index (χ1v) is 8.37. The number of amides is 1. The fourth-order valence-corrected chi connectivity index (χ4v) is 2.86. The molecule has 7 heteroatoms. The van der Waals surface area contributed by atoms with Crippen molar-refractivity contribution in [2.24, 2.45) is 4.99 Å². The Kier molecular flexibility index (Phi) is 5.77. The normalized spacial score (nSPS) is 14.0. The summed E-state index contributed by atoms with van der Waals surface area (Å²) in [5, 5.41) is 2.97. The number of rotatable bonds is 6. The summed E-state index contributed by atoms with van der Waals surface area (Å²) < 4.78 is 5.03. The molecule has 1 N–H and O–H groups in total. The van der Waals surface area contributed by atoms with E-state index in [9.17, 15) is 4.79 Å². The van der Waals surface area contributed by atoms with Gasteiger partial charge in [-0.15, -0.1) is 0 Å². The van der Waals surface area contributed by atoms with E-state index in [-0.39, 0.29) is 18.0 Å². The highest BCUT2D eigenvalue weighted by atomic mass is 16.5. The minimum absolute atomic E-state index is 0.0450. The summed E-state index contributed by atoms with van der Waals surface area (Å²) in [5.74, 6) is 1.19. The van der Waals surface area contributed by atoms with Gasteiger partial charge >= 0.3 is 0 Å². The average molecular weight is 345 g/mol. The number of fused-ring (bicyclic) bond motifs is 1. The molecule has 0 bridgehead atoms. The van der Waals surface area contributed by atoms with E-state index < -0.39 is 0 Å². The number of nitrogens with zero attached hydrogens (tertiary/aromatic N) is 4. The minimum Gasteiger partial charge on any atom is -0.502 e. The van der Waals surface area contributed by atoms with Crippen molar-refractivity contribution >= 4 is 24.1 Å². The zero-order valence-electron chi connectivity index (χ0n) is 15.7. The Labute approximate surface area is 149 Å². The van der Waals surface area contributed by atoms with E-state index in [2.05, 4.69) is 27.0 Å². The molecule has 1 heterocycles. The Bertz CT molecular complexity index is 691. The second-order valence-corrected chi connectivity index (χ2v) is 7.20. The Hall–Kier alpha value is -2.44. The quantitative estimate of drug-likeness (QED) is 0.630. The van der Waals surface area contributed by atoms with Gasteiger partial charge in [-0.2, -0.15) is 0 Å². The van der Waals surface area contributed by atoms with Crippen LogP contribution in [-0.2, 0) is 22.4 Å². The maximum absolute atomic E-state index is 12.3. The summed E-state index contributed by atoms with van der Waals surface area (Å²) in [4.78, 5) is 27.3. The molecule has 1 aromatic rings. The smallest absolute Gasteiger partial charge is 0.239 e. The van der Waals surface area contributed by atoms with Crippen LogP contribution < -0.4 is 10.2 Å². The van der Waals surface area contributed by atoms with Gasteiger partial charge in [-0.3, -0.25) is 9.79 Å². The summed E-state index contributed by atoms with van der Waals surface area (Å²) >= 11 is 0. The van der Waals surface area contributed by atoms with Crippen LogP contribution >= 0.6 is 0 Å². The molecule has 1 aliphatic rings. The van der Waals surface area contributed by atoms with Gasteiger partial charge in [0, 0.05) is 23.8 Å². The molecule has 0 fully saturated rings. The van der Waals surface area contributed by atoms with Crippen LogP contribution in [0.25, 0.3) is 5.70 Å². The molecule has 1 aromatic heterocycles. The number of hydrogen-bond donors (Lipinski definition) is 1. The summed E-state index contributed by atoms with van der Waals surface area (Å²) in [5.41, 5.74) is 2.33. The fraction of sp³-hybridized carbons (Fsp3) is 0.556. The predicted molar refractivity (Wildman–Crippen MR) is 99.8 cm³/mol. The van der Waals surface area contributed by atoms with Gasteiger partial charge in [0.2, 0.25) is 5.91 Å². The summed E-state index contributed by atoms with van der Waals surface area (Å²) in [6, 6.07) is 0. The highest BCUT2D eigenvalue weighted by molar-refractivity contribution is 5.82. The van der Waals surface area contributed by atoms with Crippen LogP contribution in [0.2, 0.25) is 0 Å². The molecule has 0 spiro atoms. The number of aryl methyl sites for hydroxylation is 1. The molecule has 0 aliphatic heterocycles. The third-order valence-corrected chi connectivity index (χ3v) is 3.80. The highest BCUT2D eigenvalue weighted by Gasteiger charge is 2.24. The molecule has 0 radical (unpaired) electrons. The van der Waals surface area contributed by atoms with Gasteiger partial charge in [-0.1, -0.05) is 0 Å². The second-order valence-electron chi connectivity index (χ2n) is 7.20. The molecule has 1 aliphatic carbocycles. The number of carbonyl (C=O) groups excluding carboxylic acids is 1. The van der Waals surface area contributed by atoms with E-state index in [1.807, 2.05) is 32.7 Å². The fourth-order valence-electron chi connectivity index (χ4n) is 2.86. The minimum atomic E-state index is -0.266. The third-order valence-electron chi connectivity index (χ3n) is 3.80. The zero-order valence-corrected chi connectivity index (χ0v) is 15.7. The molecule has 0 saturated carbocycles. The number of ether oxygens (including phenoxy) is 1. The van der Waals surface area contributed by atoms with Crippen molar-refractivity contribution in [3.8, 4) is 0 Å². The van der Waals surface area contributed by atoms with E-state index in [1.165, 1.54) is 6.26 Å². The lowest BCUT2D eigenvalue weighted by Crippen LogP contribution is -2.45. The molecule has 0 atom stereocenters. The molecule has 2 rings (SSSR count). The maximum Gasteiger partial charge on any atom is 0.239 e. The van der Waals surface area contributed by atoms with E-state index >= 15 is 0 Å². The third kappa shape index (κ3) is 4.78. The number of carbonyl (C=O) groups is 1. The number of aliphatic imine (C=N–C) groups is 1. The van der Waals surface area contributed by atoms with Crippen molar-refractivity contribution in [1.82, 2.24) is 15.3 Å². The van der Waals surface area contributed by atoms with E-state index in [1.54, 1.807) is 7.11 Å². The number of methoxy groups -OCH3 is 1. The first-order chi connectivity index (χ1) is 11.7. The largest absolute Gasteiger partial charge is 0.502 e. The van der Waals surface area contributed by atoms with Gasteiger partial charge in [0.15, 0.2) is 5.82 Å². The van der Waals surface area contributed by atoms with Gasteiger partial charge in [0.05, 0.1) is 13.7 Å². The highest BCUT2D eigenvalue weighted by Crippen LogP contribution is 2.30. The first-order valence-electron chi connectivity index (χ1n) is 8.37. The summed E-state index contributed by atoms with van der Waals surface area (Å²) in [6.45, 7) is 9.67. The van der Waals surface area contributed by atoms with Gasteiger partial charge in [0.25, 0.3) is 0 Å². The molecular formula is C18H27N5O2. The Balaban J connectivity index is 2.33. The van der Waals surface area contributed by atoms with E-state index in [0.717, 1.165) is 36.3 Å². The van der Waals surface area contributed by atoms with Gasteiger partial charge in [-0.05, 0) is 46.8 Å². The van der Waals surface area contributed by atoms with Crippen LogP contribution in [0.5, 0.6) is 0 Å². The lowest BCUT2D eigenvalue weighted by Gasteiger charge is -2.25. The summed E-state index contributed by atoms with van der Waals surface area (Å²) in [6.07, 6.45) is 4.32. The maximum atomic E-state index is 12.3. The van der Waals surface area contributed by atoms with Crippen molar-refractivity contribution in [3.05, 3.63) is 23.3 Å². The van der Waals surface area contributed by atoms with E-state index in [0.29, 0.717) is 11.5 Å². The topological polar surface area (TPSA) is 79.7 Å². The number of hydrogen-bond acceptors (Lipinski definition) is 6. The van der Waals surface area contributed by atoms with Crippen molar-refractivity contribution in [3.63, 3.8) is 0 Å². The molecule has 136 valence electrons. The van der Waals surface area contributed by atoms with Crippen molar-refractivity contribution in [2.45, 2.75) is 45.6 Å². The monoisotopic (exact) mass is 345 g/mol. The zero-order chi connectivity index (χ0) is 18.6. The molecular weight excluding hydrogens is 318 g/mol. The van der Waals surface area contributed by atoms with Gasteiger partial charge < -0.3 is 15.0 Å². The van der Waals surface area contributed by atoms with Crippen molar-refractivity contribution < 1.29 is 9.53 Å². The van der Waals surface area contributed by atoms with Crippen LogP contribution in [0.15, 0.2) is 11.3 Å². The van der Waals surface area contributed by atoms with E-state index in [4.69, 9.17) is 4.74 Å². The Morgan fingerprint density at radius 3 is 2.72 bits per heavy atom. The molecule has 1 amide bonds. The predicted octanol–water partition coefficient (Wildman–Crippen LogP) is 1.96. The molecule has 0 unspecified atom stereocenters. The Morgan fingerprint density at radius 2 is 2.12 bits per heavy atom. The lowest BCUT2D eigenvalue weighted by molar-refractivity contribution is -0.121. The van der Waals surface area contributed by atoms with Crippen LogP contribution in [0.4, 0.5) is 5.82 Å². The van der Waals surface area contributed by atoms with Crippen molar-refractivity contribution in [2.75, 3.05) is 25.6 Å². The second kappa shape index (κ2) is 7.63. The van der Waals surface area contributed by atoms with Gasteiger partial charge in [-0.25, -0.2) is 9.97 Å². The standard InChI is InChI=1S/C18H27N5O2/c1-18(2,3)22-15(24)10-23(5)17-12-8-7-9-13(12)20-16(21-17)14(19-4)11-25-6/h11H,4,7-10H2,1-3,5-6H3,(H,22,24)/b14-11-. The number of nitrogens with one attached hydrogen (secondary N) is 1. The van der Waals surface area contributed by atoms with Crippen LogP contribution in [-0.4, -0.2) is 48.8 Å². The molecule has 25 heavy (non-hydrogen) atoms. The van der Waals surface area contributed by atoms with Crippen LogP contribution in [0, 0.1) is 0 Å². The first kappa shape index (κ1) is 18.9. The SMILES string of the molecule is C=N/C(=C\OC)c1nc2c(c(N(C)CC(=O)NC(C)(C)C)n1)CCC2. The summed E-state index contributed by atoms with van der Waals surface area (Å²) in [7, 11) is 3.41. The average Bonchev–Trinajstić information content (AvgIpc) is 2.97. The van der Waals surface area contributed by atoms with Crippen molar-refractivity contribution in [1.29, 1.82) is 0 Å². The molecule has 0 saturated heterocycles. The van der Waals surface area contributed by atoms with Crippen LogP contribution in [0.3, 0.4) is 0 Å². The number of aromatic nitrogens is 2. The van der Waals surface area contributed by atoms with Crippen LogP contribution in [0.1, 0.15) is 44.3 Å². The van der Waals surface area contributed by atoms with Gasteiger partial charge in [0.1, 0.15) is 17.8 Å². The Morgan fingerprint density at radius 1 is 1.40 bits per heavy atom. The number of anilines is 1. The molecule has 7 nitrogen and oxygen atoms in total. The molecule has 0 aromatic carbocycles. The number of likely N-dealkylation sites (N-methyl/N-ethyl adjacent to an activating group) is 1. The lowest BCUT2D eigenvalue weighted by atomic mass is 10.1.